The maximum absolute atomic E-state index is 5.56. The molecule has 0 fully saturated rings. The number of amidine groups is 1. The van der Waals surface area contributed by atoms with E-state index in [1.54, 1.807) is 0 Å². The summed E-state index contributed by atoms with van der Waals surface area (Å²) in [6, 6.07) is 10.9. The highest BCUT2D eigenvalue weighted by molar-refractivity contribution is 5.73. The smallest absolute Gasteiger partial charge is 0.282 e. The molecule has 0 saturated heterocycles. The van der Waals surface area contributed by atoms with Gasteiger partial charge in [-0.25, -0.2) is 4.99 Å². The highest BCUT2D eigenvalue weighted by Gasteiger charge is 2.30. The molecule has 1 aliphatic heterocycles. The number of ether oxygens (including phenoxy) is 1. The van der Waals surface area contributed by atoms with Gasteiger partial charge in [-0.05, 0) is 31.2 Å². The van der Waals surface area contributed by atoms with Crippen LogP contribution in [0.5, 0.6) is 0 Å². The fraction of sp³-hybridized carbons (Fsp3) is 0.500. The second-order valence-electron chi connectivity index (χ2n) is 5.09. The first-order chi connectivity index (χ1) is 8.09. The Hall–Kier alpha value is -1.51. The largest absolute Gasteiger partial charge is 0.463 e. The fourth-order valence-corrected chi connectivity index (χ4v) is 2.16. The number of hydrogen-bond donors (Lipinski definition) is 1. The van der Waals surface area contributed by atoms with Gasteiger partial charge in [-0.15, -0.1) is 0 Å². The second-order valence-corrected chi connectivity index (χ2v) is 5.09. The first-order valence-corrected chi connectivity index (χ1v) is 6.12. The van der Waals surface area contributed by atoms with E-state index in [0.717, 1.165) is 12.8 Å². The van der Waals surface area contributed by atoms with Crippen molar-refractivity contribution in [1.82, 2.24) is 0 Å². The Bertz CT molecular complexity index is 402. The highest BCUT2D eigenvalue weighted by Crippen LogP contribution is 2.28. The maximum Gasteiger partial charge on any atom is 0.282 e. The second kappa shape index (κ2) is 4.78. The van der Waals surface area contributed by atoms with Crippen molar-refractivity contribution in [2.24, 2.45) is 10.7 Å². The number of nitrogens with zero attached hydrogens (tertiary/aromatic N) is 1. The number of hydrogen-bond acceptors (Lipinski definition) is 3. The lowest BCUT2D eigenvalue weighted by atomic mass is 9.89. The zero-order valence-electron chi connectivity index (χ0n) is 10.5. The molecule has 0 amide bonds. The van der Waals surface area contributed by atoms with Crippen LogP contribution in [0.2, 0.25) is 0 Å². The van der Waals surface area contributed by atoms with Crippen LogP contribution in [0.3, 0.4) is 0 Å². The van der Waals surface area contributed by atoms with Gasteiger partial charge in [-0.2, -0.15) is 0 Å². The Morgan fingerprint density at radius 1 is 1.41 bits per heavy atom. The van der Waals surface area contributed by atoms with Crippen LogP contribution < -0.4 is 5.73 Å². The van der Waals surface area contributed by atoms with E-state index in [1.165, 1.54) is 5.56 Å². The van der Waals surface area contributed by atoms with Gasteiger partial charge >= 0.3 is 0 Å². The molecule has 1 unspecified atom stereocenters. The normalized spacial score (nSPS) is 25.2. The number of nitrogens with two attached hydrogens (primary N) is 1. The topological polar surface area (TPSA) is 47.6 Å². The summed E-state index contributed by atoms with van der Waals surface area (Å²) in [5.41, 5.74) is 6.81. The molecule has 0 bridgehead atoms. The average Bonchev–Trinajstić information content (AvgIpc) is 2.68. The molecule has 2 N–H and O–H groups in total. The minimum atomic E-state index is -0.132. The molecule has 1 heterocycles. The third kappa shape index (κ3) is 2.99. The third-order valence-corrected chi connectivity index (χ3v) is 3.40. The predicted octanol–water partition coefficient (Wildman–Crippen LogP) is 2.67. The predicted molar refractivity (Wildman–Crippen MR) is 70.1 cm³/mol. The molecule has 0 saturated carbocycles. The van der Waals surface area contributed by atoms with Crippen molar-refractivity contribution < 1.29 is 4.74 Å². The molecular formula is C14H20N2O. The van der Waals surface area contributed by atoms with Gasteiger partial charge in [0.2, 0.25) is 0 Å². The van der Waals surface area contributed by atoms with Gasteiger partial charge in [0.25, 0.3) is 6.02 Å². The summed E-state index contributed by atoms with van der Waals surface area (Å²) in [6.07, 6.45) is 2.10. The maximum atomic E-state index is 5.56. The molecule has 1 aromatic carbocycles. The molecule has 0 aromatic heterocycles. The summed E-state index contributed by atoms with van der Waals surface area (Å²) in [5.74, 6) is 0.546. The van der Waals surface area contributed by atoms with E-state index in [9.17, 15) is 0 Å². The van der Waals surface area contributed by atoms with Crippen molar-refractivity contribution in [3.63, 3.8) is 0 Å². The van der Waals surface area contributed by atoms with Crippen molar-refractivity contribution >= 4 is 6.02 Å². The van der Waals surface area contributed by atoms with Gasteiger partial charge in [0, 0.05) is 0 Å². The van der Waals surface area contributed by atoms with Crippen LogP contribution >= 0.6 is 0 Å². The summed E-state index contributed by atoms with van der Waals surface area (Å²) in [7, 11) is 0. The Morgan fingerprint density at radius 2 is 2.12 bits per heavy atom. The van der Waals surface area contributed by atoms with Gasteiger partial charge < -0.3 is 10.5 Å². The molecule has 92 valence electrons. The Kier molecular flexibility index (Phi) is 3.36. The summed E-state index contributed by atoms with van der Waals surface area (Å²) >= 11 is 0. The monoisotopic (exact) mass is 232 g/mol. The van der Waals surface area contributed by atoms with Crippen LogP contribution in [0.4, 0.5) is 0 Å². The zero-order valence-corrected chi connectivity index (χ0v) is 10.5. The number of benzene rings is 1. The van der Waals surface area contributed by atoms with Crippen LogP contribution in [0.15, 0.2) is 35.3 Å². The molecule has 1 aliphatic rings. The van der Waals surface area contributed by atoms with Crippen molar-refractivity contribution in [2.45, 2.75) is 38.1 Å². The quantitative estimate of drug-likeness (QED) is 0.867. The van der Waals surface area contributed by atoms with Crippen LogP contribution in [0.25, 0.3) is 0 Å². The third-order valence-electron chi connectivity index (χ3n) is 3.40. The molecule has 0 spiro atoms. The van der Waals surface area contributed by atoms with Crippen LogP contribution in [-0.2, 0) is 4.74 Å². The van der Waals surface area contributed by atoms with E-state index < -0.39 is 0 Å². The van der Waals surface area contributed by atoms with Crippen molar-refractivity contribution in [3.05, 3.63) is 35.9 Å². The van der Waals surface area contributed by atoms with Gasteiger partial charge in [0.1, 0.15) is 6.61 Å². The van der Waals surface area contributed by atoms with Gasteiger partial charge in [-0.3, -0.25) is 0 Å². The van der Waals surface area contributed by atoms with Crippen LogP contribution in [0.1, 0.15) is 38.2 Å². The van der Waals surface area contributed by atoms with Gasteiger partial charge in [0.15, 0.2) is 0 Å². The molecule has 3 heteroatoms. The highest BCUT2D eigenvalue weighted by atomic mass is 16.5. The van der Waals surface area contributed by atoms with Crippen LogP contribution in [-0.4, -0.2) is 18.2 Å². The zero-order chi connectivity index (χ0) is 12.3. The van der Waals surface area contributed by atoms with Crippen molar-refractivity contribution in [1.29, 1.82) is 0 Å². The Balaban J connectivity index is 1.91. The molecule has 1 aromatic rings. The lowest BCUT2D eigenvalue weighted by Gasteiger charge is -2.20. The summed E-state index contributed by atoms with van der Waals surface area (Å²) < 4.78 is 5.23. The van der Waals surface area contributed by atoms with Gasteiger partial charge in [0.05, 0.1) is 5.54 Å². The van der Waals surface area contributed by atoms with E-state index in [1.807, 2.05) is 6.07 Å². The molecular weight excluding hydrogens is 212 g/mol. The summed E-state index contributed by atoms with van der Waals surface area (Å²) in [4.78, 5) is 4.36. The molecule has 0 radical (unpaired) electrons. The number of rotatable bonds is 4. The van der Waals surface area contributed by atoms with E-state index in [2.05, 4.69) is 43.1 Å². The SMILES string of the molecule is CC(CC[C@@]1(C)COC(N)=N1)c1ccccc1. The van der Waals surface area contributed by atoms with Gasteiger partial charge in [-0.1, -0.05) is 37.3 Å². The van der Waals surface area contributed by atoms with E-state index in [0.29, 0.717) is 18.5 Å². The molecule has 2 atom stereocenters. The van der Waals surface area contributed by atoms with E-state index >= 15 is 0 Å². The lowest BCUT2D eigenvalue weighted by molar-refractivity contribution is 0.250. The van der Waals surface area contributed by atoms with E-state index in [4.69, 9.17) is 10.5 Å². The Labute approximate surface area is 103 Å². The van der Waals surface area contributed by atoms with E-state index in [-0.39, 0.29) is 5.54 Å². The minimum Gasteiger partial charge on any atom is -0.463 e. The average molecular weight is 232 g/mol. The molecule has 3 nitrogen and oxygen atoms in total. The molecule has 17 heavy (non-hydrogen) atoms. The molecule has 2 rings (SSSR count). The lowest BCUT2D eigenvalue weighted by Crippen LogP contribution is -2.24. The summed E-state index contributed by atoms with van der Waals surface area (Å²) in [5, 5.41) is 0. The fourth-order valence-electron chi connectivity index (χ4n) is 2.16. The standard InChI is InChI=1S/C14H20N2O/c1-11(12-6-4-3-5-7-12)8-9-14(2)10-17-13(15)16-14/h3-7,11H,8-10H2,1-2H3,(H2,15,16)/t11?,14-/m0/s1. The first-order valence-electron chi connectivity index (χ1n) is 6.12. The Morgan fingerprint density at radius 3 is 2.71 bits per heavy atom. The minimum absolute atomic E-state index is 0.132. The van der Waals surface area contributed by atoms with Crippen molar-refractivity contribution in [3.8, 4) is 0 Å². The number of aliphatic imine (C=N–C) groups is 1. The van der Waals surface area contributed by atoms with Crippen molar-refractivity contribution in [2.75, 3.05) is 6.61 Å². The van der Waals surface area contributed by atoms with Crippen LogP contribution in [0, 0.1) is 0 Å². The molecule has 0 aliphatic carbocycles. The summed E-state index contributed by atoms with van der Waals surface area (Å²) in [6.45, 7) is 4.96. The first kappa shape index (κ1) is 12.0.